The van der Waals surface area contributed by atoms with E-state index in [1.54, 1.807) is 0 Å². The van der Waals surface area contributed by atoms with Gasteiger partial charge in [-0.25, -0.2) is 0 Å². The average molecular weight is 181 g/mol. The van der Waals surface area contributed by atoms with Crippen LogP contribution in [-0.4, -0.2) is 23.4 Å². The number of H-pyrrole nitrogens is 1. The monoisotopic (exact) mass is 181 g/mol. The predicted octanol–water partition coefficient (Wildman–Crippen LogP) is 1.19. The van der Waals surface area contributed by atoms with Crippen LogP contribution < -0.4 is 5.73 Å². The van der Waals surface area contributed by atoms with Crippen LogP contribution in [0.5, 0.6) is 0 Å². The number of nitrogens with zero attached hydrogens (tertiary/aromatic N) is 1. The summed E-state index contributed by atoms with van der Waals surface area (Å²) in [6.07, 6.45) is 2.14. The van der Waals surface area contributed by atoms with Crippen LogP contribution in [0.15, 0.2) is 0 Å². The number of hydrogen-bond acceptors (Lipinski definition) is 3. The molecule has 0 radical (unpaired) electrons. The smallest absolute Gasteiger partial charge is 0.148 e. The lowest BCUT2D eigenvalue weighted by molar-refractivity contribution is 0.0844. The molecule has 0 bridgehead atoms. The van der Waals surface area contributed by atoms with Crippen molar-refractivity contribution in [1.82, 2.24) is 10.2 Å². The van der Waals surface area contributed by atoms with Gasteiger partial charge in [0.2, 0.25) is 0 Å². The van der Waals surface area contributed by atoms with E-state index in [0.717, 1.165) is 31.6 Å². The molecular formula is C9H15N3O. The van der Waals surface area contributed by atoms with E-state index >= 15 is 0 Å². The van der Waals surface area contributed by atoms with Crippen molar-refractivity contribution in [2.45, 2.75) is 25.7 Å². The minimum Gasteiger partial charge on any atom is -0.382 e. The van der Waals surface area contributed by atoms with Crippen LogP contribution in [0.3, 0.4) is 0 Å². The molecule has 0 aromatic carbocycles. The maximum atomic E-state index is 5.67. The standard InChI is InChI=1S/C9H15N3O/c1-6-8(11-12-9(6)10)7-2-4-13-5-3-7/h7H,2-5H2,1H3,(H3,10,11,12). The second kappa shape index (κ2) is 3.38. The summed E-state index contributed by atoms with van der Waals surface area (Å²) in [4.78, 5) is 0. The first-order valence-electron chi connectivity index (χ1n) is 4.67. The van der Waals surface area contributed by atoms with E-state index in [1.807, 2.05) is 6.92 Å². The molecule has 0 spiro atoms. The zero-order valence-corrected chi connectivity index (χ0v) is 7.84. The Balaban J connectivity index is 2.18. The number of nitrogens with two attached hydrogens (primary N) is 1. The second-order valence-electron chi connectivity index (χ2n) is 3.53. The lowest BCUT2D eigenvalue weighted by Gasteiger charge is -2.21. The third-order valence-corrected chi connectivity index (χ3v) is 2.71. The number of hydrogen-bond donors (Lipinski definition) is 2. The Morgan fingerprint density at radius 3 is 2.69 bits per heavy atom. The fourth-order valence-corrected chi connectivity index (χ4v) is 1.81. The molecule has 72 valence electrons. The highest BCUT2D eigenvalue weighted by molar-refractivity contribution is 5.42. The van der Waals surface area contributed by atoms with E-state index in [2.05, 4.69) is 10.2 Å². The van der Waals surface area contributed by atoms with Crippen molar-refractivity contribution in [3.8, 4) is 0 Å². The topological polar surface area (TPSA) is 63.9 Å². The van der Waals surface area contributed by atoms with Crippen molar-refractivity contribution in [2.75, 3.05) is 18.9 Å². The van der Waals surface area contributed by atoms with Gasteiger partial charge in [-0.2, -0.15) is 5.10 Å². The van der Waals surface area contributed by atoms with Crippen molar-refractivity contribution < 1.29 is 4.74 Å². The summed E-state index contributed by atoms with van der Waals surface area (Å²) < 4.78 is 5.30. The van der Waals surface area contributed by atoms with Crippen molar-refractivity contribution >= 4 is 5.82 Å². The fraction of sp³-hybridized carbons (Fsp3) is 0.667. The van der Waals surface area contributed by atoms with E-state index in [0.29, 0.717) is 11.7 Å². The van der Waals surface area contributed by atoms with E-state index in [4.69, 9.17) is 10.5 Å². The third-order valence-electron chi connectivity index (χ3n) is 2.71. The van der Waals surface area contributed by atoms with Crippen molar-refractivity contribution in [3.63, 3.8) is 0 Å². The van der Waals surface area contributed by atoms with Crippen molar-refractivity contribution in [1.29, 1.82) is 0 Å². The van der Waals surface area contributed by atoms with Gasteiger partial charge in [-0.05, 0) is 19.8 Å². The molecule has 4 nitrogen and oxygen atoms in total. The third kappa shape index (κ3) is 1.54. The van der Waals surface area contributed by atoms with Crippen LogP contribution in [0.25, 0.3) is 0 Å². The Hall–Kier alpha value is -1.03. The van der Waals surface area contributed by atoms with Crippen LogP contribution >= 0.6 is 0 Å². The first-order valence-corrected chi connectivity index (χ1v) is 4.67. The molecule has 0 amide bonds. The van der Waals surface area contributed by atoms with E-state index in [9.17, 15) is 0 Å². The van der Waals surface area contributed by atoms with Crippen LogP contribution in [0, 0.1) is 6.92 Å². The molecule has 0 saturated carbocycles. The molecule has 2 heterocycles. The first-order chi connectivity index (χ1) is 6.29. The molecule has 1 saturated heterocycles. The van der Waals surface area contributed by atoms with Gasteiger partial charge in [-0.1, -0.05) is 0 Å². The molecule has 0 atom stereocenters. The van der Waals surface area contributed by atoms with Gasteiger partial charge in [0.05, 0.1) is 0 Å². The summed E-state index contributed by atoms with van der Waals surface area (Å²) in [5.41, 5.74) is 7.97. The maximum absolute atomic E-state index is 5.67. The molecule has 2 rings (SSSR count). The molecule has 1 aromatic heterocycles. The molecule has 1 aliphatic rings. The van der Waals surface area contributed by atoms with Crippen molar-refractivity contribution in [3.05, 3.63) is 11.3 Å². The summed E-state index contributed by atoms with van der Waals surface area (Å²) in [5, 5.41) is 7.02. The zero-order chi connectivity index (χ0) is 9.26. The van der Waals surface area contributed by atoms with Crippen LogP contribution in [0.1, 0.15) is 30.0 Å². The van der Waals surface area contributed by atoms with Crippen LogP contribution in [-0.2, 0) is 4.74 Å². The lowest BCUT2D eigenvalue weighted by Crippen LogP contribution is -2.15. The molecule has 1 aromatic rings. The molecule has 4 heteroatoms. The van der Waals surface area contributed by atoms with Gasteiger partial charge in [0.15, 0.2) is 0 Å². The molecule has 0 unspecified atom stereocenters. The number of aromatic amines is 1. The fourth-order valence-electron chi connectivity index (χ4n) is 1.81. The van der Waals surface area contributed by atoms with Gasteiger partial charge in [0.25, 0.3) is 0 Å². The average Bonchev–Trinajstić information content (AvgIpc) is 2.49. The summed E-state index contributed by atoms with van der Waals surface area (Å²) in [6.45, 7) is 3.72. The minimum absolute atomic E-state index is 0.554. The largest absolute Gasteiger partial charge is 0.382 e. The highest BCUT2D eigenvalue weighted by atomic mass is 16.5. The Kier molecular flexibility index (Phi) is 2.22. The van der Waals surface area contributed by atoms with Gasteiger partial charge >= 0.3 is 0 Å². The summed E-state index contributed by atoms with van der Waals surface area (Å²) in [6, 6.07) is 0. The van der Waals surface area contributed by atoms with Gasteiger partial charge < -0.3 is 10.5 Å². The van der Waals surface area contributed by atoms with Crippen molar-refractivity contribution in [2.24, 2.45) is 0 Å². The number of ether oxygens (including phenoxy) is 1. The van der Waals surface area contributed by atoms with E-state index in [1.165, 1.54) is 5.69 Å². The first kappa shape index (κ1) is 8.56. The minimum atomic E-state index is 0.554. The molecule has 1 aliphatic heterocycles. The highest BCUT2D eigenvalue weighted by Crippen LogP contribution is 2.29. The lowest BCUT2D eigenvalue weighted by atomic mass is 9.94. The Morgan fingerprint density at radius 1 is 1.46 bits per heavy atom. The van der Waals surface area contributed by atoms with Gasteiger partial charge in [0.1, 0.15) is 5.82 Å². The number of rotatable bonds is 1. The molecule has 0 aliphatic carbocycles. The van der Waals surface area contributed by atoms with Crippen LogP contribution in [0.2, 0.25) is 0 Å². The summed E-state index contributed by atoms with van der Waals surface area (Å²) in [7, 11) is 0. The number of nitrogen functional groups attached to an aromatic ring is 1. The van der Waals surface area contributed by atoms with Crippen LogP contribution in [0.4, 0.5) is 5.82 Å². The number of aromatic nitrogens is 2. The zero-order valence-electron chi connectivity index (χ0n) is 7.84. The summed E-state index contributed by atoms with van der Waals surface area (Å²) >= 11 is 0. The normalized spacial score (nSPS) is 19.2. The molecule has 1 fully saturated rings. The highest BCUT2D eigenvalue weighted by Gasteiger charge is 2.20. The Bertz CT molecular complexity index is 289. The Morgan fingerprint density at radius 2 is 2.15 bits per heavy atom. The number of anilines is 1. The second-order valence-corrected chi connectivity index (χ2v) is 3.53. The SMILES string of the molecule is Cc1c(N)n[nH]c1C1CCOCC1. The van der Waals surface area contributed by atoms with Gasteiger partial charge in [-0.15, -0.1) is 0 Å². The molecular weight excluding hydrogens is 166 g/mol. The molecule has 3 N–H and O–H groups in total. The number of nitrogens with one attached hydrogen (secondary N) is 1. The maximum Gasteiger partial charge on any atom is 0.148 e. The van der Waals surface area contributed by atoms with Gasteiger partial charge in [0, 0.05) is 30.4 Å². The predicted molar refractivity (Wildman–Crippen MR) is 50.5 cm³/mol. The molecule has 13 heavy (non-hydrogen) atoms. The van der Waals surface area contributed by atoms with Gasteiger partial charge in [-0.3, -0.25) is 5.10 Å². The Labute approximate surface area is 77.5 Å². The quantitative estimate of drug-likeness (QED) is 0.684. The van der Waals surface area contributed by atoms with E-state index in [-0.39, 0.29) is 0 Å². The van der Waals surface area contributed by atoms with E-state index < -0.39 is 0 Å². The summed E-state index contributed by atoms with van der Waals surface area (Å²) in [5.74, 6) is 1.18.